The molecule has 3 aromatic carbocycles. The van der Waals surface area contributed by atoms with Gasteiger partial charge in [0.15, 0.2) is 0 Å². The molecule has 3 aromatic rings. The quantitative estimate of drug-likeness (QED) is 0.567. The first-order valence-corrected chi connectivity index (χ1v) is 10.0. The van der Waals surface area contributed by atoms with Crippen LogP contribution in [0, 0.1) is 0 Å². The van der Waals surface area contributed by atoms with E-state index in [2.05, 4.69) is 5.32 Å². The molecular formula is C25H23NO4. The summed E-state index contributed by atoms with van der Waals surface area (Å²) >= 11 is 0. The normalized spacial score (nSPS) is 13.9. The van der Waals surface area contributed by atoms with Gasteiger partial charge in [-0.3, -0.25) is 4.79 Å². The molecular weight excluding hydrogens is 378 g/mol. The fourth-order valence-electron chi connectivity index (χ4n) is 3.01. The van der Waals surface area contributed by atoms with Gasteiger partial charge in [0.2, 0.25) is 6.10 Å². The minimum absolute atomic E-state index is 0.184. The summed E-state index contributed by atoms with van der Waals surface area (Å²) in [6.07, 6.45) is 0.949. The third-order valence-corrected chi connectivity index (χ3v) is 4.83. The minimum Gasteiger partial charge on any atom is -0.489 e. The van der Waals surface area contributed by atoms with Crippen LogP contribution in [0.25, 0.3) is 0 Å². The molecule has 1 aliphatic carbocycles. The first-order valence-electron chi connectivity index (χ1n) is 10.0. The van der Waals surface area contributed by atoms with Crippen LogP contribution in [0.5, 0.6) is 5.75 Å². The topological polar surface area (TPSA) is 64.6 Å². The van der Waals surface area contributed by atoms with Crippen LogP contribution in [-0.2, 0) is 16.1 Å². The predicted octanol–water partition coefficient (Wildman–Crippen LogP) is 4.44. The molecule has 0 aromatic heterocycles. The SMILES string of the molecule is O=C(O[C@@H](C(=O)NC1CC1)c1ccccc1)c1ccc(OCc2ccccc2)cc1. The van der Waals surface area contributed by atoms with Crippen molar-refractivity contribution >= 4 is 11.9 Å². The monoisotopic (exact) mass is 401 g/mol. The maximum atomic E-state index is 12.7. The van der Waals surface area contributed by atoms with Gasteiger partial charge in [-0.25, -0.2) is 4.79 Å². The van der Waals surface area contributed by atoms with Crippen molar-refractivity contribution in [3.05, 3.63) is 102 Å². The Hall–Kier alpha value is -3.60. The molecule has 1 aliphatic rings. The van der Waals surface area contributed by atoms with E-state index in [0.29, 0.717) is 23.5 Å². The highest BCUT2D eigenvalue weighted by Crippen LogP contribution is 2.24. The summed E-state index contributed by atoms with van der Waals surface area (Å²) in [5.74, 6) is -0.189. The highest BCUT2D eigenvalue weighted by atomic mass is 16.5. The lowest BCUT2D eigenvalue weighted by molar-refractivity contribution is -0.130. The Morgan fingerprint density at radius 3 is 2.13 bits per heavy atom. The molecule has 0 saturated heterocycles. The van der Waals surface area contributed by atoms with E-state index in [9.17, 15) is 9.59 Å². The summed E-state index contributed by atoms with van der Waals surface area (Å²) in [6.45, 7) is 0.446. The number of nitrogens with one attached hydrogen (secondary N) is 1. The van der Waals surface area contributed by atoms with Crippen molar-refractivity contribution < 1.29 is 19.1 Å². The molecule has 0 spiro atoms. The van der Waals surface area contributed by atoms with Gasteiger partial charge in [-0.15, -0.1) is 0 Å². The Morgan fingerprint density at radius 2 is 1.50 bits per heavy atom. The number of ether oxygens (including phenoxy) is 2. The highest BCUT2D eigenvalue weighted by molar-refractivity contribution is 5.93. The molecule has 1 amide bonds. The minimum atomic E-state index is -0.978. The molecule has 0 heterocycles. The largest absolute Gasteiger partial charge is 0.489 e. The number of hydrogen-bond donors (Lipinski definition) is 1. The van der Waals surface area contributed by atoms with E-state index in [1.54, 1.807) is 36.4 Å². The lowest BCUT2D eigenvalue weighted by atomic mass is 10.1. The number of esters is 1. The first-order chi connectivity index (χ1) is 14.7. The average Bonchev–Trinajstić information content (AvgIpc) is 3.61. The summed E-state index contributed by atoms with van der Waals surface area (Å²) < 4.78 is 11.3. The van der Waals surface area contributed by atoms with Gasteiger partial charge < -0.3 is 14.8 Å². The Labute approximate surface area is 175 Å². The maximum Gasteiger partial charge on any atom is 0.339 e. The van der Waals surface area contributed by atoms with Crippen LogP contribution in [0.1, 0.15) is 40.4 Å². The van der Waals surface area contributed by atoms with E-state index in [0.717, 1.165) is 18.4 Å². The Balaban J connectivity index is 1.41. The van der Waals surface area contributed by atoms with Crippen LogP contribution >= 0.6 is 0 Å². The third-order valence-electron chi connectivity index (χ3n) is 4.83. The number of benzene rings is 3. The molecule has 1 fully saturated rings. The van der Waals surface area contributed by atoms with Crippen LogP contribution in [-0.4, -0.2) is 17.9 Å². The second-order valence-electron chi connectivity index (χ2n) is 7.28. The van der Waals surface area contributed by atoms with Gasteiger partial charge in [0, 0.05) is 11.6 Å². The number of carbonyl (C=O) groups is 2. The molecule has 1 N–H and O–H groups in total. The zero-order valence-electron chi connectivity index (χ0n) is 16.5. The third kappa shape index (κ3) is 5.26. The number of hydrogen-bond acceptors (Lipinski definition) is 4. The molecule has 30 heavy (non-hydrogen) atoms. The number of rotatable bonds is 8. The van der Waals surface area contributed by atoms with Crippen LogP contribution < -0.4 is 10.1 Å². The van der Waals surface area contributed by atoms with Gasteiger partial charge in [0.1, 0.15) is 12.4 Å². The van der Waals surface area contributed by atoms with Gasteiger partial charge in [0.05, 0.1) is 5.56 Å². The summed E-state index contributed by atoms with van der Waals surface area (Å²) in [5.41, 5.74) is 2.07. The molecule has 5 heteroatoms. The van der Waals surface area contributed by atoms with E-state index in [-0.39, 0.29) is 11.9 Å². The molecule has 5 nitrogen and oxygen atoms in total. The summed E-state index contributed by atoms with van der Waals surface area (Å²) in [5, 5.41) is 2.91. The zero-order valence-corrected chi connectivity index (χ0v) is 16.5. The van der Waals surface area contributed by atoms with E-state index in [4.69, 9.17) is 9.47 Å². The molecule has 1 atom stereocenters. The summed E-state index contributed by atoms with van der Waals surface area (Å²) in [6, 6.07) is 25.8. The Bertz CT molecular complexity index is 983. The second-order valence-corrected chi connectivity index (χ2v) is 7.28. The molecule has 0 aliphatic heterocycles. The fourth-order valence-corrected chi connectivity index (χ4v) is 3.01. The summed E-state index contributed by atoms with van der Waals surface area (Å²) in [4.78, 5) is 25.3. The van der Waals surface area contributed by atoms with Gasteiger partial charge in [-0.05, 0) is 42.7 Å². The molecule has 4 rings (SSSR count). The smallest absolute Gasteiger partial charge is 0.339 e. The molecule has 0 bridgehead atoms. The first kappa shape index (κ1) is 19.7. The highest BCUT2D eigenvalue weighted by Gasteiger charge is 2.31. The van der Waals surface area contributed by atoms with Crippen LogP contribution in [0.3, 0.4) is 0 Å². The van der Waals surface area contributed by atoms with E-state index < -0.39 is 12.1 Å². The molecule has 0 unspecified atom stereocenters. The average molecular weight is 401 g/mol. The van der Waals surface area contributed by atoms with Crippen LogP contribution in [0.2, 0.25) is 0 Å². The van der Waals surface area contributed by atoms with E-state index in [1.807, 2.05) is 48.5 Å². The number of amides is 1. The van der Waals surface area contributed by atoms with Gasteiger partial charge in [0.25, 0.3) is 5.91 Å². The lowest BCUT2D eigenvalue weighted by Crippen LogP contribution is -2.33. The van der Waals surface area contributed by atoms with Gasteiger partial charge in [-0.1, -0.05) is 60.7 Å². The van der Waals surface area contributed by atoms with Crippen molar-refractivity contribution in [1.29, 1.82) is 0 Å². The van der Waals surface area contributed by atoms with E-state index >= 15 is 0 Å². The lowest BCUT2D eigenvalue weighted by Gasteiger charge is -2.18. The van der Waals surface area contributed by atoms with Crippen molar-refractivity contribution in [2.24, 2.45) is 0 Å². The maximum absolute atomic E-state index is 12.7. The second kappa shape index (κ2) is 9.27. The van der Waals surface area contributed by atoms with Gasteiger partial charge in [-0.2, -0.15) is 0 Å². The fraction of sp³-hybridized carbons (Fsp3) is 0.200. The van der Waals surface area contributed by atoms with E-state index in [1.165, 1.54) is 0 Å². The molecule has 0 radical (unpaired) electrons. The van der Waals surface area contributed by atoms with Crippen molar-refractivity contribution in [3.63, 3.8) is 0 Å². The van der Waals surface area contributed by atoms with Crippen LogP contribution in [0.15, 0.2) is 84.9 Å². The van der Waals surface area contributed by atoms with Crippen molar-refractivity contribution in [1.82, 2.24) is 5.32 Å². The molecule has 1 saturated carbocycles. The van der Waals surface area contributed by atoms with Crippen molar-refractivity contribution in [2.75, 3.05) is 0 Å². The zero-order chi connectivity index (χ0) is 20.8. The van der Waals surface area contributed by atoms with Crippen molar-refractivity contribution in [3.8, 4) is 5.75 Å². The number of carbonyl (C=O) groups excluding carboxylic acids is 2. The van der Waals surface area contributed by atoms with Crippen molar-refractivity contribution in [2.45, 2.75) is 31.6 Å². The Morgan fingerprint density at radius 1 is 0.867 bits per heavy atom. The summed E-state index contributed by atoms with van der Waals surface area (Å²) in [7, 11) is 0. The Kier molecular flexibility index (Phi) is 6.09. The van der Waals surface area contributed by atoms with Gasteiger partial charge >= 0.3 is 5.97 Å². The predicted molar refractivity (Wildman–Crippen MR) is 113 cm³/mol. The standard InChI is InChI=1S/C25H23NO4/c27-24(26-21-13-14-21)23(19-9-5-2-6-10-19)30-25(28)20-11-15-22(16-12-20)29-17-18-7-3-1-4-8-18/h1-12,15-16,21,23H,13-14,17H2,(H,26,27)/t23-/m1/s1. The molecule has 152 valence electrons. The van der Waals surface area contributed by atoms with Crippen LogP contribution in [0.4, 0.5) is 0 Å².